The first kappa shape index (κ1) is 14.8. The van der Waals surface area contributed by atoms with Gasteiger partial charge in [-0.2, -0.15) is 0 Å². The Kier molecular flexibility index (Phi) is 5.19. The molecule has 2 fully saturated rings. The first-order valence-electron chi connectivity index (χ1n) is 7.34. The third-order valence-corrected chi connectivity index (χ3v) is 4.51. The van der Waals surface area contributed by atoms with Gasteiger partial charge in [0.25, 0.3) is 0 Å². The summed E-state index contributed by atoms with van der Waals surface area (Å²) in [6, 6.07) is 0. The maximum atomic E-state index is 11.8. The van der Waals surface area contributed by atoms with E-state index in [1.807, 2.05) is 0 Å². The Balaban J connectivity index is 1.76. The van der Waals surface area contributed by atoms with Gasteiger partial charge in [-0.15, -0.1) is 0 Å². The number of rotatable bonds is 5. The molecule has 1 aliphatic heterocycles. The molecule has 1 saturated carbocycles. The second kappa shape index (κ2) is 6.68. The lowest BCUT2D eigenvalue weighted by Crippen LogP contribution is -2.54. The van der Waals surface area contributed by atoms with E-state index in [1.165, 1.54) is 6.42 Å². The van der Waals surface area contributed by atoms with E-state index in [2.05, 4.69) is 10.2 Å². The Morgan fingerprint density at radius 3 is 3.11 bits per heavy atom. The lowest BCUT2D eigenvalue weighted by molar-refractivity contribution is -0.127. The molecule has 2 rings (SSSR count). The molecule has 2 unspecified atom stereocenters. The molecule has 0 radical (unpaired) electrons. The largest absolute Gasteiger partial charge is 0.390 e. The smallest absolute Gasteiger partial charge is 0.234 e. The molecule has 1 saturated heterocycles. The van der Waals surface area contributed by atoms with Crippen molar-refractivity contribution < 1.29 is 14.6 Å². The van der Waals surface area contributed by atoms with Gasteiger partial charge in [0.15, 0.2) is 0 Å². The normalized spacial score (nSPS) is 31.8. The molecule has 5 nitrogen and oxygen atoms in total. The molecule has 2 aliphatic rings. The molecule has 0 aromatic heterocycles. The average molecular weight is 270 g/mol. The monoisotopic (exact) mass is 270 g/mol. The van der Waals surface area contributed by atoms with Gasteiger partial charge < -0.3 is 15.2 Å². The standard InChI is InChI=1S/C14H26N2O3/c1-19-9-7-15-13(17)11-16-8-6-14(18)5-3-2-4-12(14)10-16/h12,18H,2-11H2,1H3,(H,15,17). The first-order chi connectivity index (χ1) is 9.14. The third-order valence-electron chi connectivity index (χ3n) is 4.51. The van der Waals surface area contributed by atoms with Crippen LogP contribution in [0.1, 0.15) is 32.1 Å². The van der Waals surface area contributed by atoms with Gasteiger partial charge in [0.05, 0.1) is 18.8 Å². The minimum atomic E-state index is -0.457. The van der Waals surface area contributed by atoms with E-state index in [9.17, 15) is 9.90 Å². The Morgan fingerprint density at radius 2 is 2.32 bits per heavy atom. The zero-order chi connectivity index (χ0) is 13.7. The Hall–Kier alpha value is -0.650. The summed E-state index contributed by atoms with van der Waals surface area (Å²) in [5, 5.41) is 13.4. The van der Waals surface area contributed by atoms with Gasteiger partial charge in [-0.25, -0.2) is 0 Å². The highest BCUT2D eigenvalue weighted by molar-refractivity contribution is 5.78. The number of ether oxygens (including phenoxy) is 1. The van der Waals surface area contributed by atoms with Crippen molar-refractivity contribution >= 4 is 5.91 Å². The number of hydrogen-bond acceptors (Lipinski definition) is 4. The molecule has 2 N–H and O–H groups in total. The van der Waals surface area contributed by atoms with Crippen LogP contribution in [0.3, 0.4) is 0 Å². The maximum absolute atomic E-state index is 11.8. The van der Waals surface area contributed by atoms with Crippen molar-refractivity contribution in [3.63, 3.8) is 0 Å². The van der Waals surface area contributed by atoms with E-state index >= 15 is 0 Å². The number of piperidine rings is 1. The molecule has 1 amide bonds. The van der Waals surface area contributed by atoms with Crippen LogP contribution in [0.25, 0.3) is 0 Å². The highest BCUT2D eigenvalue weighted by Crippen LogP contribution is 2.39. The highest BCUT2D eigenvalue weighted by Gasteiger charge is 2.42. The van der Waals surface area contributed by atoms with E-state index in [1.54, 1.807) is 7.11 Å². The topological polar surface area (TPSA) is 61.8 Å². The van der Waals surface area contributed by atoms with Gasteiger partial charge in [-0.1, -0.05) is 12.8 Å². The fraction of sp³-hybridized carbons (Fsp3) is 0.929. The van der Waals surface area contributed by atoms with E-state index in [0.29, 0.717) is 25.6 Å². The number of likely N-dealkylation sites (tertiary alicyclic amines) is 1. The Bertz CT molecular complexity index is 311. The zero-order valence-corrected chi connectivity index (χ0v) is 11.9. The van der Waals surface area contributed by atoms with Crippen LogP contribution in [-0.2, 0) is 9.53 Å². The van der Waals surface area contributed by atoms with Crippen molar-refractivity contribution in [2.75, 3.05) is 39.9 Å². The zero-order valence-electron chi connectivity index (χ0n) is 11.9. The summed E-state index contributed by atoms with van der Waals surface area (Å²) in [4.78, 5) is 13.9. The summed E-state index contributed by atoms with van der Waals surface area (Å²) < 4.78 is 4.90. The number of nitrogens with one attached hydrogen (secondary N) is 1. The number of aliphatic hydroxyl groups is 1. The molecule has 0 spiro atoms. The molecule has 1 heterocycles. The van der Waals surface area contributed by atoms with Gasteiger partial charge in [-0.05, 0) is 19.3 Å². The lowest BCUT2D eigenvalue weighted by atomic mass is 9.71. The van der Waals surface area contributed by atoms with Crippen molar-refractivity contribution in [2.24, 2.45) is 5.92 Å². The number of carbonyl (C=O) groups excluding carboxylic acids is 1. The second-order valence-corrected chi connectivity index (χ2v) is 5.87. The van der Waals surface area contributed by atoms with Gasteiger partial charge in [0, 0.05) is 32.7 Å². The Labute approximate surface area is 115 Å². The molecule has 0 aromatic carbocycles. The average Bonchev–Trinajstić information content (AvgIpc) is 2.39. The Morgan fingerprint density at radius 1 is 1.47 bits per heavy atom. The fourth-order valence-electron chi connectivity index (χ4n) is 3.33. The summed E-state index contributed by atoms with van der Waals surface area (Å²) in [5.41, 5.74) is -0.457. The summed E-state index contributed by atoms with van der Waals surface area (Å²) in [7, 11) is 1.63. The SMILES string of the molecule is COCCNC(=O)CN1CCC2(O)CCCCC2C1. The van der Waals surface area contributed by atoms with Crippen LogP contribution in [0, 0.1) is 5.92 Å². The molecular formula is C14H26N2O3. The minimum Gasteiger partial charge on any atom is -0.390 e. The van der Waals surface area contributed by atoms with Crippen molar-refractivity contribution in [2.45, 2.75) is 37.7 Å². The predicted octanol–water partition coefficient (Wildman–Crippen LogP) is 0.376. The third kappa shape index (κ3) is 3.91. The van der Waals surface area contributed by atoms with Crippen molar-refractivity contribution in [3.8, 4) is 0 Å². The van der Waals surface area contributed by atoms with E-state index in [-0.39, 0.29) is 5.91 Å². The van der Waals surface area contributed by atoms with Crippen LogP contribution >= 0.6 is 0 Å². The number of fused-ring (bicyclic) bond motifs is 1. The highest BCUT2D eigenvalue weighted by atomic mass is 16.5. The van der Waals surface area contributed by atoms with Crippen LogP contribution in [0.2, 0.25) is 0 Å². The van der Waals surface area contributed by atoms with Crippen LogP contribution in [0.5, 0.6) is 0 Å². The van der Waals surface area contributed by atoms with Crippen LogP contribution in [0.4, 0.5) is 0 Å². The molecule has 0 aromatic rings. The van der Waals surface area contributed by atoms with Gasteiger partial charge in [0.2, 0.25) is 5.91 Å². The first-order valence-corrected chi connectivity index (χ1v) is 7.34. The number of hydrogen-bond donors (Lipinski definition) is 2. The molecule has 2 atom stereocenters. The molecule has 0 bridgehead atoms. The predicted molar refractivity (Wildman–Crippen MR) is 72.9 cm³/mol. The number of carbonyl (C=O) groups is 1. The fourth-order valence-corrected chi connectivity index (χ4v) is 3.33. The summed E-state index contributed by atoms with van der Waals surface area (Å²) >= 11 is 0. The summed E-state index contributed by atoms with van der Waals surface area (Å²) in [6.07, 6.45) is 5.19. The van der Waals surface area contributed by atoms with Crippen molar-refractivity contribution in [1.29, 1.82) is 0 Å². The van der Waals surface area contributed by atoms with Crippen LogP contribution in [-0.4, -0.2) is 61.4 Å². The van der Waals surface area contributed by atoms with E-state index < -0.39 is 5.60 Å². The molecule has 110 valence electrons. The summed E-state index contributed by atoms with van der Waals surface area (Å²) in [6.45, 7) is 3.24. The van der Waals surface area contributed by atoms with Crippen LogP contribution in [0.15, 0.2) is 0 Å². The van der Waals surface area contributed by atoms with Crippen molar-refractivity contribution in [3.05, 3.63) is 0 Å². The second-order valence-electron chi connectivity index (χ2n) is 5.87. The number of nitrogens with zero attached hydrogens (tertiary/aromatic N) is 1. The maximum Gasteiger partial charge on any atom is 0.234 e. The summed E-state index contributed by atoms with van der Waals surface area (Å²) in [5.74, 6) is 0.403. The quantitative estimate of drug-likeness (QED) is 0.709. The minimum absolute atomic E-state index is 0.0540. The van der Waals surface area contributed by atoms with Crippen molar-refractivity contribution in [1.82, 2.24) is 10.2 Å². The number of methoxy groups -OCH3 is 1. The van der Waals surface area contributed by atoms with Gasteiger partial charge in [0.1, 0.15) is 0 Å². The number of amides is 1. The lowest BCUT2D eigenvalue weighted by Gasteiger charge is -2.47. The van der Waals surface area contributed by atoms with E-state index in [4.69, 9.17) is 4.74 Å². The van der Waals surface area contributed by atoms with Gasteiger partial charge in [-0.3, -0.25) is 9.69 Å². The molecule has 19 heavy (non-hydrogen) atoms. The molecule has 5 heteroatoms. The molecule has 1 aliphatic carbocycles. The van der Waals surface area contributed by atoms with Gasteiger partial charge >= 0.3 is 0 Å². The molecular weight excluding hydrogens is 244 g/mol. The van der Waals surface area contributed by atoms with Crippen LogP contribution < -0.4 is 5.32 Å². The van der Waals surface area contributed by atoms with E-state index in [0.717, 1.165) is 38.8 Å².